The number of nitrogens with zero attached hydrogens (tertiary/aromatic N) is 1. The third-order valence-electron chi connectivity index (χ3n) is 2.23. The van der Waals surface area contributed by atoms with Crippen LogP contribution in [0.1, 0.15) is 19.5 Å². The van der Waals surface area contributed by atoms with Crippen LogP contribution in [0.3, 0.4) is 0 Å². The Labute approximate surface area is 105 Å². The van der Waals surface area contributed by atoms with Crippen LogP contribution < -0.4 is 10.5 Å². The molecule has 0 atom stereocenters. The van der Waals surface area contributed by atoms with Gasteiger partial charge in [0.05, 0.1) is 11.8 Å². The van der Waals surface area contributed by atoms with Gasteiger partial charge in [-0.15, -0.1) is 11.3 Å². The molecule has 0 aliphatic rings. The number of nitrogens with two attached hydrogens (primary N) is 1. The van der Waals surface area contributed by atoms with Crippen LogP contribution in [0.5, 0.6) is 5.75 Å². The van der Waals surface area contributed by atoms with Gasteiger partial charge in [-0.3, -0.25) is 0 Å². The normalized spacial score (nSPS) is 10.8. The zero-order valence-electron chi connectivity index (χ0n) is 10.0. The van der Waals surface area contributed by atoms with E-state index in [0.29, 0.717) is 6.54 Å². The molecule has 17 heavy (non-hydrogen) atoms. The van der Waals surface area contributed by atoms with Crippen LogP contribution in [0.25, 0.3) is 10.6 Å². The number of aromatic nitrogens is 1. The molecule has 1 heterocycles. The Bertz CT molecular complexity index is 476. The van der Waals surface area contributed by atoms with E-state index in [1.165, 1.54) is 0 Å². The molecule has 2 N–H and O–H groups in total. The fraction of sp³-hybridized carbons (Fsp3) is 0.308. The fourth-order valence-electron chi connectivity index (χ4n) is 1.48. The summed E-state index contributed by atoms with van der Waals surface area (Å²) < 4.78 is 5.59. The van der Waals surface area contributed by atoms with Crippen molar-refractivity contribution in [1.29, 1.82) is 0 Å². The lowest BCUT2D eigenvalue weighted by Gasteiger charge is -2.09. The maximum Gasteiger partial charge on any atom is 0.123 e. The van der Waals surface area contributed by atoms with Crippen LogP contribution in [0.15, 0.2) is 29.6 Å². The summed E-state index contributed by atoms with van der Waals surface area (Å²) in [6.45, 7) is 4.52. The second-order valence-electron chi connectivity index (χ2n) is 4.04. The highest BCUT2D eigenvalue weighted by Gasteiger charge is 2.04. The third kappa shape index (κ3) is 3.05. The summed E-state index contributed by atoms with van der Waals surface area (Å²) in [5.41, 5.74) is 7.58. The molecule has 0 saturated carbocycles. The Morgan fingerprint density at radius 3 is 2.53 bits per heavy atom. The highest BCUT2D eigenvalue weighted by molar-refractivity contribution is 7.13. The van der Waals surface area contributed by atoms with Crippen LogP contribution in [-0.2, 0) is 6.54 Å². The highest BCUT2D eigenvalue weighted by Crippen LogP contribution is 2.25. The molecule has 1 aromatic heterocycles. The molecule has 0 radical (unpaired) electrons. The molecule has 2 aromatic rings. The Kier molecular flexibility index (Phi) is 3.76. The lowest BCUT2D eigenvalue weighted by molar-refractivity contribution is 0.242. The minimum Gasteiger partial charge on any atom is -0.491 e. The molecule has 0 spiro atoms. The first-order chi connectivity index (χ1) is 8.19. The third-order valence-corrected chi connectivity index (χ3v) is 3.17. The lowest BCUT2D eigenvalue weighted by Crippen LogP contribution is -2.05. The van der Waals surface area contributed by atoms with Crippen LogP contribution in [0.2, 0.25) is 0 Å². The molecule has 3 nitrogen and oxygen atoms in total. The van der Waals surface area contributed by atoms with Crippen molar-refractivity contribution in [2.75, 3.05) is 0 Å². The van der Waals surface area contributed by atoms with Crippen LogP contribution in [0.4, 0.5) is 0 Å². The van der Waals surface area contributed by atoms with Crippen molar-refractivity contribution >= 4 is 11.3 Å². The molecular formula is C13H16N2OS. The van der Waals surface area contributed by atoms with Crippen molar-refractivity contribution in [1.82, 2.24) is 4.98 Å². The molecule has 2 rings (SSSR count). The first-order valence-electron chi connectivity index (χ1n) is 5.60. The number of hydrogen-bond donors (Lipinski definition) is 1. The summed E-state index contributed by atoms with van der Waals surface area (Å²) in [4.78, 5) is 4.44. The average Bonchev–Trinajstić information content (AvgIpc) is 2.78. The van der Waals surface area contributed by atoms with Crippen LogP contribution in [0, 0.1) is 0 Å². The van der Waals surface area contributed by atoms with Crippen molar-refractivity contribution in [2.24, 2.45) is 5.73 Å². The smallest absolute Gasteiger partial charge is 0.123 e. The predicted molar refractivity (Wildman–Crippen MR) is 71.2 cm³/mol. The topological polar surface area (TPSA) is 48.1 Å². The second kappa shape index (κ2) is 5.29. The summed E-state index contributed by atoms with van der Waals surface area (Å²) in [6, 6.07) is 7.99. The van der Waals surface area contributed by atoms with E-state index in [4.69, 9.17) is 10.5 Å². The standard InChI is InChI=1S/C13H16N2OS/c1-9(2)16-12-5-3-10(4-6-12)13-15-11(7-14)8-17-13/h3-6,8-9H,7,14H2,1-2H3. The number of thiazole rings is 1. The van der Waals surface area contributed by atoms with Gasteiger partial charge in [-0.05, 0) is 38.1 Å². The Morgan fingerprint density at radius 2 is 2.00 bits per heavy atom. The lowest BCUT2D eigenvalue weighted by atomic mass is 10.2. The van der Waals surface area contributed by atoms with Crippen molar-refractivity contribution in [3.8, 4) is 16.3 Å². The van der Waals surface area contributed by atoms with Crippen molar-refractivity contribution in [3.63, 3.8) is 0 Å². The van der Waals surface area contributed by atoms with Gasteiger partial charge in [0, 0.05) is 17.5 Å². The van der Waals surface area contributed by atoms with Crippen molar-refractivity contribution < 1.29 is 4.74 Å². The molecule has 0 amide bonds. The number of benzene rings is 1. The van der Waals surface area contributed by atoms with Gasteiger partial charge in [-0.1, -0.05) is 0 Å². The zero-order valence-corrected chi connectivity index (χ0v) is 10.8. The fourth-order valence-corrected chi connectivity index (χ4v) is 2.32. The molecule has 0 saturated heterocycles. The van der Waals surface area contributed by atoms with Gasteiger partial charge < -0.3 is 10.5 Å². The molecule has 4 heteroatoms. The zero-order chi connectivity index (χ0) is 12.3. The van der Waals surface area contributed by atoms with Gasteiger partial charge in [-0.25, -0.2) is 4.98 Å². The van der Waals surface area contributed by atoms with Gasteiger partial charge in [0.25, 0.3) is 0 Å². The van der Waals surface area contributed by atoms with Crippen LogP contribution in [-0.4, -0.2) is 11.1 Å². The number of ether oxygens (including phenoxy) is 1. The first-order valence-corrected chi connectivity index (χ1v) is 6.48. The van der Waals surface area contributed by atoms with Crippen molar-refractivity contribution in [3.05, 3.63) is 35.3 Å². The Balaban J connectivity index is 2.17. The molecule has 0 fully saturated rings. The Morgan fingerprint density at radius 1 is 1.29 bits per heavy atom. The summed E-state index contributed by atoms with van der Waals surface area (Å²) in [7, 11) is 0. The molecule has 90 valence electrons. The summed E-state index contributed by atoms with van der Waals surface area (Å²) in [5, 5.41) is 3.00. The van der Waals surface area contributed by atoms with E-state index in [-0.39, 0.29) is 6.10 Å². The molecule has 0 bridgehead atoms. The van der Waals surface area contributed by atoms with E-state index in [1.807, 2.05) is 43.5 Å². The van der Waals surface area contributed by atoms with E-state index >= 15 is 0 Å². The SMILES string of the molecule is CC(C)Oc1ccc(-c2nc(CN)cs2)cc1. The maximum absolute atomic E-state index is 5.59. The monoisotopic (exact) mass is 248 g/mol. The molecule has 1 aromatic carbocycles. The van der Waals surface area contributed by atoms with E-state index < -0.39 is 0 Å². The predicted octanol–water partition coefficient (Wildman–Crippen LogP) is 3.06. The quantitative estimate of drug-likeness (QED) is 0.904. The maximum atomic E-state index is 5.59. The van der Waals surface area contributed by atoms with Gasteiger partial charge in [0.2, 0.25) is 0 Å². The number of rotatable bonds is 4. The van der Waals surface area contributed by atoms with Crippen LogP contribution >= 0.6 is 11.3 Å². The van der Waals surface area contributed by atoms with Gasteiger partial charge in [0.15, 0.2) is 0 Å². The van der Waals surface area contributed by atoms with Gasteiger partial charge in [0.1, 0.15) is 10.8 Å². The van der Waals surface area contributed by atoms with E-state index in [1.54, 1.807) is 11.3 Å². The average molecular weight is 248 g/mol. The summed E-state index contributed by atoms with van der Waals surface area (Å²) >= 11 is 1.62. The number of hydrogen-bond acceptors (Lipinski definition) is 4. The second-order valence-corrected chi connectivity index (χ2v) is 4.90. The largest absolute Gasteiger partial charge is 0.491 e. The minimum absolute atomic E-state index is 0.199. The molecule has 0 unspecified atom stereocenters. The van der Waals surface area contributed by atoms with Gasteiger partial charge >= 0.3 is 0 Å². The highest BCUT2D eigenvalue weighted by atomic mass is 32.1. The minimum atomic E-state index is 0.199. The molecular weight excluding hydrogens is 232 g/mol. The summed E-state index contributed by atoms with van der Waals surface area (Å²) in [5.74, 6) is 0.888. The molecule has 0 aliphatic heterocycles. The summed E-state index contributed by atoms with van der Waals surface area (Å²) in [6.07, 6.45) is 0.199. The Hall–Kier alpha value is -1.39. The van der Waals surface area contributed by atoms with E-state index in [0.717, 1.165) is 22.0 Å². The van der Waals surface area contributed by atoms with E-state index in [2.05, 4.69) is 4.98 Å². The van der Waals surface area contributed by atoms with Crippen molar-refractivity contribution in [2.45, 2.75) is 26.5 Å². The van der Waals surface area contributed by atoms with E-state index in [9.17, 15) is 0 Å². The van der Waals surface area contributed by atoms with Gasteiger partial charge in [-0.2, -0.15) is 0 Å². The molecule has 0 aliphatic carbocycles. The first kappa shape index (κ1) is 12.1.